The Morgan fingerprint density at radius 3 is 2.88 bits per heavy atom. The van der Waals surface area contributed by atoms with Crippen molar-refractivity contribution < 1.29 is 4.79 Å². The van der Waals surface area contributed by atoms with Crippen LogP contribution in [0.4, 0.5) is 10.8 Å². The standard InChI is InChI=1S/C19H26N4OS2/c1-12-7-6-9-15(11-12)20-18-22-23-19(26-18)25-14(3)17(24)21-16-10-5-4-8-13(16)2/h6-7,9,11,13-14,16H,4-5,8,10H2,1-3H3,(H,20,22)(H,21,24)/t13-,14+,16+/m0/s1. The summed E-state index contributed by atoms with van der Waals surface area (Å²) in [6.07, 6.45) is 4.78. The van der Waals surface area contributed by atoms with Gasteiger partial charge in [0.25, 0.3) is 0 Å². The van der Waals surface area contributed by atoms with Crippen LogP contribution in [0.1, 0.15) is 45.1 Å². The number of carbonyl (C=O) groups is 1. The Kier molecular flexibility index (Phi) is 6.53. The lowest BCUT2D eigenvalue weighted by atomic mass is 9.86. The number of aromatic nitrogens is 2. The number of aryl methyl sites for hydroxylation is 1. The molecule has 140 valence electrons. The minimum atomic E-state index is -0.177. The van der Waals surface area contributed by atoms with Crippen molar-refractivity contribution in [2.24, 2.45) is 5.92 Å². The number of benzene rings is 1. The van der Waals surface area contributed by atoms with Crippen molar-refractivity contribution in [2.45, 2.75) is 62.1 Å². The van der Waals surface area contributed by atoms with Crippen LogP contribution in [0.2, 0.25) is 0 Å². The van der Waals surface area contributed by atoms with Gasteiger partial charge in [0.05, 0.1) is 5.25 Å². The first-order chi connectivity index (χ1) is 12.5. The first-order valence-electron chi connectivity index (χ1n) is 9.15. The van der Waals surface area contributed by atoms with Gasteiger partial charge in [-0.1, -0.05) is 55.0 Å². The fourth-order valence-corrected chi connectivity index (χ4v) is 5.12. The van der Waals surface area contributed by atoms with Crippen molar-refractivity contribution in [3.8, 4) is 0 Å². The van der Waals surface area contributed by atoms with Crippen molar-refractivity contribution >= 4 is 39.8 Å². The molecule has 1 aromatic carbocycles. The van der Waals surface area contributed by atoms with Crippen molar-refractivity contribution in [3.05, 3.63) is 29.8 Å². The molecule has 0 unspecified atom stereocenters. The minimum Gasteiger partial charge on any atom is -0.352 e. The van der Waals surface area contributed by atoms with Crippen LogP contribution in [0.15, 0.2) is 28.6 Å². The van der Waals surface area contributed by atoms with Crippen LogP contribution in [0.5, 0.6) is 0 Å². The summed E-state index contributed by atoms with van der Waals surface area (Å²) in [5.74, 6) is 0.661. The number of hydrogen-bond acceptors (Lipinski definition) is 6. The highest BCUT2D eigenvalue weighted by Crippen LogP contribution is 2.31. The molecule has 2 aromatic rings. The Bertz CT molecular complexity index is 749. The second-order valence-electron chi connectivity index (χ2n) is 7.00. The van der Waals surface area contributed by atoms with Gasteiger partial charge in [-0.05, 0) is 50.3 Å². The lowest BCUT2D eigenvalue weighted by molar-refractivity contribution is -0.121. The fourth-order valence-electron chi connectivity index (χ4n) is 3.19. The van der Waals surface area contributed by atoms with Gasteiger partial charge in [-0.2, -0.15) is 0 Å². The van der Waals surface area contributed by atoms with Crippen LogP contribution < -0.4 is 10.6 Å². The fraction of sp³-hybridized carbons (Fsp3) is 0.526. The number of thioether (sulfide) groups is 1. The third kappa shape index (κ3) is 5.20. The summed E-state index contributed by atoms with van der Waals surface area (Å²) in [6, 6.07) is 8.44. The molecule has 1 fully saturated rings. The van der Waals surface area contributed by atoms with Gasteiger partial charge in [0.1, 0.15) is 0 Å². The van der Waals surface area contributed by atoms with E-state index < -0.39 is 0 Å². The highest BCUT2D eigenvalue weighted by Gasteiger charge is 2.25. The summed E-state index contributed by atoms with van der Waals surface area (Å²) in [5.41, 5.74) is 2.19. The molecule has 7 heteroatoms. The van der Waals surface area contributed by atoms with Crippen LogP contribution in [0.3, 0.4) is 0 Å². The van der Waals surface area contributed by atoms with Crippen LogP contribution in [0.25, 0.3) is 0 Å². The molecular weight excluding hydrogens is 364 g/mol. The molecule has 1 aromatic heterocycles. The first-order valence-corrected chi connectivity index (χ1v) is 10.8. The number of amides is 1. The average Bonchev–Trinajstić information content (AvgIpc) is 3.03. The van der Waals surface area contributed by atoms with Gasteiger partial charge < -0.3 is 10.6 Å². The smallest absolute Gasteiger partial charge is 0.233 e. The Balaban J connectivity index is 1.53. The molecule has 0 bridgehead atoms. The molecule has 3 rings (SSSR count). The van der Waals surface area contributed by atoms with Crippen LogP contribution in [0, 0.1) is 12.8 Å². The topological polar surface area (TPSA) is 66.9 Å². The molecule has 2 N–H and O–H groups in total. The Morgan fingerprint density at radius 2 is 2.12 bits per heavy atom. The highest BCUT2D eigenvalue weighted by atomic mass is 32.2. The predicted molar refractivity (Wildman–Crippen MR) is 109 cm³/mol. The van der Waals surface area contributed by atoms with Gasteiger partial charge in [0.15, 0.2) is 4.34 Å². The van der Waals surface area contributed by atoms with Crippen molar-refractivity contribution in [1.82, 2.24) is 15.5 Å². The van der Waals surface area contributed by atoms with E-state index in [1.54, 1.807) is 0 Å². The molecule has 26 heavy (non-hydrogen) atoms. The van der Waals surface area contributed by atoms with Gasteiger partial charge in [-0.3, -0.25) is 4.79 Å². The van der Waals surface area contributed by atoms with Crippen LogP contribution in [-0.2, 0) is 4.79 Å². The quantitative estimate of drug-likeness (QED) is 0.696. The summed E-state index contributed by atoms with van der Waals surface area (Å²) in [5, 5.41) is 15.5. The number of rotatable bonds is 6. The lowest BCUT2D eigenvalue weighted by Gasteiger charge is -2.30. The summed E-state index contributed by atoms with van der Waals surface area (Å²) in [7, 11) is 0. The predicted octanol–water partition coefficient (Wildman–Crippen LogP) is 4.77. The van der Waals surface area contributed by atoms with Gasteiger partial charge in [0.2, 0.25) is 11.0 Å². The van der Waals surface area contributed by atoms with Crippen LogP contribution in [-0.4, -0.2) is 27.4 Å². The average molecular weight is 391 g/mol. The normalized spacial score (nSPS) is 21.2. The summed E-state index contributed by atoms with van der Waals surface area (Å²) >= 11 is 2.94. The Labute approximate surface area is 163 Å². The number of anilines is 2. The molecule has 1 aliphatic carbocycles. The molecule has 0 spiro atoms. The van der Waals surface area contributed by atoms with E-state index in [-0.39, 0.29) is 11.2 Å². The largest absolute Gasteiger partial charge is 0.352 e. The molecule has 0 saturated heterocycles. The zero-order valence-electron chi connectivity index (χ0n) is 15.5. The van der Waals surface area contributed by atoms with E-state index in [1.165, 1.54) is 47.9 Å². The molecule has 5 nitrogen and oxygen atoms in total. The summed E-state index contributed by atoms with van der Waals surface area (Å²) in [6.45, 7) is 6.22. The van der Waals surface area contributed by atoms with E-state index in [2.05, 4.69) is 46.8 Å². The molecule has 0 aliphatic heterocycles. The van der Waals surface area contributed by atoms with Gasteiger partial charge in [0, 0.05) is 11.7 Å². The van der Waals surface area contributed by atoms with Gasteiger partial charge >= 0.3 is 0 Å². The maximum absolute atomic E-state index is 12.5. The monoisotopic (exact) mass is 390 g/mol. The third-order valence-corrected chi connectivity index (χ3v) is 6.78. The molecule has 1 saturated carbocycles. The SMILES string of the molecule is Cc1cccc(Nc2nnc(S[C@H](C)C(=O)N[C@@H]3CCCC[C@@H]3C)s2)c1. The van der Waals surface area contributed by atoms with E-state index in [0.29, 0.717) is 12.0 Å². The van der Waals surface area contributed by atoms with Gasteiger partial charge in [-0.25, -0.2) is 0 Å². The molecule has 1 amide bonds. The summed E-state index contributed by atoms with van der Waals surface area (Å²) < 4.78 is 0.805. The maximum Gasteiger partial charge on any atom is 0.233 e. The molecule has 1 aliphatic rings. The second kappa shape index (κ2) is 8.86. The van der Waals surface area contributed by atoms with E-state index in [0.717, 1.165) is 21.6 Å². The van der Waals surface area contributed by atoms with E-state index >= 15 is 0 Å². The molecular formula is C19H26N4OS2. The maximum atomic E-state index is 12.5. The zero-order valence-corrected chi connectivity index (χ0v) is 17.1. The van der Waals surface area contributed by atoms with Gasteiger partial charge in [-0.15, -0.1) is 10.2 Å². The number of nitrogens with zero attached hydrogens (tertiary/aromatic N) is 2. The number of nitrogens with one attached hydrogen (secondary N) is 2. The Morgan fingerprint density at radius 1 is 1.31 bits per heavy atom. The summed E-state index contributed by atoms with van der Waals surface area (Å²) in [4.78, 5) is 12.5. The number of carbonyl (C=O) groups excluding carboxylic acids is 1. The first kappa shape index (κ1) is 19.2. The van der Waals surface area contributed by atoms with Crippen molar-refractivity contribution in [2.75, 3.05) is 5.32 Å². The second-order valence-corrected chi connectivity index (χ2v) is 9.57. The zero-order chi connectivity index (χ0) is 18.5. The molecule has 3 atom stereocenters. The van der Waals surface area contributed by atoms with Crippen molar-refractivity contribution in [3.63, 3.8) is 0 Å². The van der Waals surface area contributed by atoms with Crippen LogP contribution >= 0.6 is 23.1 Å². The lowest BCUT2D eigenvalue weighted by Crippen LogP contribution is -2.44. The minimum absolute atomic E-state index is 0.0946. The molecule has 0 radical (unpaired) electrons. The van der Waals surface area contributed by atoms with E-state index in [1.807, 2.05) is 19.1 Å². The Hall–Kier alpha value is -1.60. The third-order valence-electron chi connectivity index (χ3n) is 4.76. The number of hydrogen-bond donors (Lipinski definition) is 2. The van der Waals surface area contributed by atoms with E-state index in [4.69, 9.17) is 0 Å². The molecule has 1 heterocycles. The van der Waals surface area contributed by atoms with E-state index in [9.17, 15) is 4.79 Å². The highest BCUT2D eigenvalue weighted by molar-refractivity contribution is 8.02. The van der Waals surface area contributed by atoms with Crippen molar-refractivity contribution in [1.29, 1.82) is 0 Å².